The van der Waals surface area contributed by atoms with Crippen LogP contribution >= 0.6 is 12.2 Å². The van der Waals surface area contributed by atoms with Crippen LogP contribution in [0.15, 0.2) is 18.3 Å². The number of H-pyrrole nitrogens is 1. The third-order valence-corrected chi connectivity index (χ3v) is 3.37. The molecule has 0 aromatic carbocycles. The van der Waals surface area contributed by atoms with Gasteiger partial charge in [0.05, 0.1) is 6.42 Å². The number of aryl methyl sites for hydroxylation is 1. The lowest BCUT2D eigenvalue weighted by Crippen LogP contribution is -2.04. The molecular weight excluding hydrogens is 248 g/mol. The predicted octanol–water partition coefficient (Wildman–Crippen LogP) is 1.35. The summed E-state index contributed by atoms with van der Waals surface area (Å²) in [7, 11) is 3.85. The molecule has 7 heteroatoms. The first kappa shape index (κ1) is 11.1. The smallest absolute Gasteiger partial charge is 0.194 e. The number of pyridine rings is 1. The van der Waals surface area contributed by atoms with E-state index in [2.05, 4.69) is 20.2 Å². The van der Waals surface area contributed by atoms with Crippen LogP contribution in [0.25, 0.3) is 11.2 Å². The van der Waals surface area contributed by atoms with Crippen molar-refractivity contribution in [2.24, 2.45) is 14.1 Å². The van der Waals surface area contributed by atoms with Gasteiger partial charge in [0.25, 0.3) is 0 Å². The van der Waals surface area contributed by atoms with Crippen molar-refractivity contribution in [3.8, 4) is 0 Å². The molecule has 92 valence electrons. The normalized spacial score (nSPS) is 11.2. The maximum atomic E-state index is 5.09. The Morgan fingerprint density at radius 3 is 2.78 bits per heavy atom. The van der Waals surface area contributed by atoms with Crippen LogP contribution in [0.5, 0.6) is 0 Å². The van der Waals surface area contributed by atoms with Crippen molar-refractivity contribution in [1.82, 2.24) is 29.3 Å². The lowest BCUT2D eigenvalue weighted by molar-refractivity contribution is 0.757. The second-order valence-electron chi connectivity index (χ2n) is 4.11. The SMILES string of the molecule is Cn1c(Cc2nc3cccnc3n2C)n[nH]c1=S. The van der Waals surface area contributed by atoms with E-state index in [1.165, 1.54) is 0 Å². The Balaban J connectivity index is 2.08. The van der Waals surface area contributed by atoms with Crippen LogP contribution in [0.3, 0.4) is 0 Å². The van der Waals surface area contributed by atoms with Gasteiger partial charge in [-0.2, -0.15) is 5.10 Å². The molecule has 6 nitrogen and oxygen atoms in total. The summed E-state index contributed by atoms with van der Waals surface area (Å²) in [4.78, 5) is 8.87. The molecule has 1 N–H and O–H groups in total. The molecule has 0 saturated heterocycles. The van der Waals surface area contributed by atoms with Gasteiger partial charge in [0.1, 0.15) is 17.2 Å². The fourth-order valence-electron chi connectivity index (χ4n) is 1.91. The van der Waals surface area contributed by atoms with Gasteiger partial charge < -0.3 is 9.13 Å². The summed E-state index contributed by atoms with van der Waals surface area (Å²) in [6, 6.07) is 3.84. The molecule has 0 unspecified atom stereocenters. The number of nitrogens with zero attached hydrogens (tertiary/aromatic N) is 5. The fraction of sp³-hybridized carbons (Fsp3) is 0.273. The Kier molecular flexibility index (Phi) is 2.48. The van der Waals surface area contributed by atoms with Crippen LogP contribution in [0, 0.1) is 4.77 Å². The first-order chi connectivity index (χ1) is 8.66. The van der Waals surface area contributed by atoms with E-state index in [0.717, 1.165) is 22.8 Å². The van der Waals surface area contributed by atoms with E-state index in [9.17, 15) is 0 Å². The molecule has 0 aliphatic rings. The lowest BCUT2D eigenvalue weighted by Gasteiger charge is -2.01. The zero-order valence-electron chi connectivity index (χ0n) is 10.1. The maximum absolute atomic E-state index is 5.09. The monoisotopic (exact) mass is 260 g/mol. The number of nitrogens with one attached hydrogen (secondary N) is 1. The molecule has 18 heavy (non-hydrogen) atoms. The van der Waals surface area contributed by atoms with Gasteiger partial charge in [-0.15, -0.1) is 0 Å². The van der Waals surface area contributed by atoms with Gasteiger partial charge in [0.15, 0.2) is 10.4 Å². The minimum atomic E-state index is 0.613. The molecule has 3 heterocycles. The Morgan fingerprint density at radius 1 is 1.28 bits per heavy atom. The van der Waals surface area contributed by atoms with Crippen molar-refractivity contribution in [3.63, 3.8) is 0 Å². The standard InChI is InChI=1S/C11H12N6S/c1-16-8(6-9-14-15-11(18)17(9)2)13-7-4-3-5-12-10(7)16/h3-5H,6H2,1-2H3,(H,15,18). The second kappa shape index (κ2) is 4.02. The van der Waals surface area contributed by atoms with E-state index in [1.54, 1.807) is 6.20 Å². The van der Waals surface area contributed by atoms with Gasteiger partial charge in [-0.1, -0.05) is 0 Å². The van der Waals surface area contributed by atoms with Gasteiger partial charge in [-0.05, 0) is 24.4 Å². The van der Waals surface area contributed by atoms with E-state index < -0.39 is 0 Å². The van der Waals surface area contributed by atoms with Crippen molar-refractivity contribution in [2.75, 3.05) is 0 Å². The highest BCUT2D eigenvalue weighted by Gasteiger charge is 2.11. The second-order valence-corrected chi connectivity index (χ2v) is 4.50. The number of fused-ring (bicyclic) bond motifs is 1. The first-order valence-corrected chi connectivity index (χ1v) is 5.94. The number of imidazole rings is 1. The summed E-state index contributed by atoms with van der Waals surface area (Å²) in [6.45, 7) is 0. The van der Waals surface area contributed by atoms with Gasteiger partial charge in [0, 0.05) is 20.3 Å². The molecule has 0 spiro atoms. The van der Waals surface area contributed by atoms with Crippen LogP contribution in [0.4, 0.5) is 0 Å². The van der Waals surface area contributed by atoms with Crippen molar-refractivity contribution < 1.29 is 0 Å². The number of rotatable bonds is 2. The third kappa shape index (κ3) is 1.63. The quantitative estimate of drug-likeness (QED) is 0.706. The molecule has 0 bridgehead atoms. The zero-order chi connectivity index (χ0) is 12.7. The van der Waals surface area contributed by atoms with Crippen LogP contribution in [-0.4, -0.2) is 29.3 Å². The van der Waals surface area contributed by atoms with Gasteiger partial charge in [0.2, 0.25) is 0 Å². The van der Waals surface area contributed by atoms with Crippen LogP contribution in [-0.2, 0) is 20.5 Å². The topological polar surface area (TPSA) is 64.3 Å². The molecule has 3 aromatic rings. The maximum Gasteiger partial charge on any atom is 0.194 e. The average Bonchev–Trinajstić information content (AvgIpc) is 2.86. The Morgan fingerprint density at radius 2 is 2.11 bits per heavy atom. The Hall–Kier alpha value is -2.02. The molecular formula is C11H12N6S. The minimum absolute atomic E-state index is 0.613. The molecule has 0 radical (unpaired) electrons. The van der Waals surface area contributed by atoms with Gasteiger partial charge in [-0.25, -0.2) is 9.97 Å². The number of hydrogen-bond donors (Lipinski definition) is 1. The molecule has 0 aliphatic carbocycles. The van der Waals surface area contributed by atoms with E-state index >= 15 is 0 Å². The number of aromatic amines is 1. The average molecular weight is 260 g/mol. The number of hydrogen-bond acceptors (Lipinski definition) is 4. The lowest BCUT2D eigenvalue weighted by atomic mass is 10.4. The minimum Gasteiger partial charge on any atom is -0.315 e. The molecule has 0 amide bonds. The molecule has 0 fully saturated rings. The van der Waals surface area contributed by atoms with Crippen LogP contribution in [0.1, 0.15) is 11.6 Å². The molecule has 0 atom stereocenters. The fourth-order valence-corrected chi connectivity index (χ4v) is 2.06. The highest BCUT2D eigenvalue weighted by Crippen LogP contribution is 2.13. The Labute approximate surface area is 108 Å². The van der Waals surface area contributed by atoms with Gasteiger partial charge >= 0.3 is 0 Å². The summed E-state index contributed by atoms with van der Waals surface area (Å²) >= 11 is 5.09. The molecule has 3 aromatic heterocycles. The summed E-state index contributed by atoms with van der Waals surface area (Å²) in [5.41, 5.74) is 1.77. The molecule has 0 saturated carbocycles. The van der Waals surface area contributed by atoms with E-state index in [1.807, 2.05) is 35.4 Å². The molecule has 3 rings (SSSR count). The number of aromatic nitrogens is 6. The van der Waals surface area contributed by atoms with Crippen molar-refractivity contribution >= 4 is 23.4 Å². The zero-order valence-corrected chi connectivity index (χ0v) is 10.9. The van der Waals surface area contributed by atoms with Crippen molar-refractivity contribution in [2.45, 2.75) is 6.42 Å². The summed E-state index contributed by atoms with van der Waals surface area (Å²) in [5.74, 6) is 1.78. The first-order valence-electron chi connectivity index (χ1n) is 5.53. The molecule has 0 aliphatic heterocycles. The van der Waals surface area contributed by atoms with E-state index in [0.29, 0.717) is 11.2 Å². The van der Waals surface area contributed by atoms with Crippen LogP contribution in [0.2, 0.25) is 0 Å². The highest BCUT2D eigenvalue weighted by atomic mass is 32.1. The summed E-state index contributed by atoms with van der Waals surface area (Å²) in [6.07, 6.45) is 2.39. The van der Waals surface area contributed by atoms with Crippen molar-refractivity contribution in [3.05, 3.63) is 34.7 Å². The Bertz CT molecular complexity index is 765. The highest BCUT2D eigenvalue weighted by molar-refractivity contribution is 7.71. The van der Waals surface area contributed by atoms with Gasteiger partial charge in [-0.3, -0.25) is 5.10 Å². The van der Waals surface area contributed by atoms with E-state index in [4.69, 9.17) is 12.2 Å². The third-order valence-electron chi connectivity index (χ3n) is 3.01. The van der Waals surface area contributed by atoms with E-state index in [-0.39, 0.29) is 0 Å². The largest absolute Gasteiger partial charge is 0.315 e. The van der Waals surface area contributed by atoms with Crippen molar-refractivity contribution in [1.29, 1.82) is 0 Å². The predicted molar refractivity (Wildman–Crippen MR) is 69.7 cm³/mol. The van der Waals surface area contributed by atoms with Crippen LogP contribution < -0.4 is 0 Å². The summed E-state index contributed by atoms with van der Waals surface area (Å²) in [5, 5.41) is 6.97. The summed E-state index contributed by atoms with van der Waals surface area (Å²) < 4.78 is 4.44.